The lowest BCUT2D eigenvalue weighted by atomic mass is 10.0. The lowest BCUT2D eigenvalue weighted by molar-refractivity contribution is 1.47. The van der Waals surface area contributed by atoms with E-state index in [4.69, 9.17) is 0 Å². The topological polar surface area (TPSA) is 0 Å². The fraction of sp³-hybridized carbons (Fsp3) is 0.0455. The first-order chi connectivity index (χ1) is 23.5. The number of hydrogen-bond donors (Lipinski definition) is 0. The second-order valence-electron chi connectivity index (χ2n) is 12.7. The molecule has 4 heterocycles. The Morgan fingerprint density at radius 3 is 1.02 bits per heavy atom. The van der Waals surface area contributed by atoms with Crippen LogP contribution in [0.25, 0.3) is 93.6 Å². The zero-order valence-electron chi connectivity index (χ0n) is 26.3. The molecule has 0 unspecified atom stereocenters. The Bertz CT molecular complexity index is 2690. The van der Waals surface area contributed by atoms with Gasteiger partial charge in [-0.2, -0.15) is 0 Å². The molecule has 0 aliphatic heterocycles. The van der Waals surface area contributed by atoms with Crippen LogP contribution in [-0.2, 0) is 0 Å². The Kier molecular flexibility index (Phi) is 6.50. The number of hydrogen-bond acceptors (Lipinski definition) is 4. The molecule has 0 bridgehead atoms. The lowest BCUT2D eigenvalue weighted by Gasteiger charge is -2.02. The van der Waals surface area contributed by atoms with Crippen LogP contribution < -0.4 is 0 Å². The summed E-state index contributed by atoms with van der Waals surface area (Å²) in [5, 5.41) is 5.46. The van der Waals surface area contributed by atoms with Crippen molar-refractivity contribution in [3.05, 3.63) is 144 Å². The molecule has 0 aliphatic carbocycles. The van der Waals surface area contributed by atoms with Gasteiger partial charge in [0.15, 0.2) is 0 Å². The van der Waals surface area contributed by atoms with E-state index in [1.807, 2.05) is 45.3 Å². The summed E-state index contributed by atoms with van der Waals surface area (Å²) < 4.78 is 11.0. The molecular weight excluding hydrogens is 657 g/mol. The largest absolute Gasteiger partial charge is 0.134 e. The molecule has 0 radical (unpaired) electrons. The summed E-state index contributed by atoms with van der Waals surface area (Å²) >= 11 is 7.68. The van der Waals surface area contributed by atoms with Crippen LogP contribution >= 0.6 is 45.3 Å². The highest BCUT2D eigenvalue weighted by Crippen LogP contribution is 2.47. The zero-order valence-corrected chi connectivity index (χ0v) is 29.6. The Hall–Kier alpha value is -4.58. The van der Waals surface area contributed by atoms with Gasteiger partial charge >= 0.3 is 0 Å². The van der Waals surface area contributed by atoms with Gasteiger partial charge < -0.3 is 0 Å². The van der Waals surface area contributed by atoms with Crippen LogP contribution in [0, 0.1) is 13.8 Å². The minimum absolute atomic E-state index is 1.24. The maximum absolute atomic E-state index is 2.38. The van der Waals surface area contributed by atoms with E-state index in [1.165, 1.54) is 104 Å². The van der Waals surface area contributed by atoms with E-state index in [1.54, 1.807) is 0 Å². The van der Waals surface area contributed by atoms with Gasteiger partial charge in [0.2, 0.25) is 0 Å². The standard InChI is InChI=1S/C44H28S4/c1-25-3-11-29(12-4-25)31-15-19-39-35(23-31)43-41(47-39)33-21-27(9-17-37(33)45-43)7-8-28-10-18-38-34(22-28)42-44(46-38)36-24-32(16-20-40(36)48-42)30-13-5-26(2)6-14-30/h3-24H,1-2H3/b8-7+. The highest BCUT2D eigenvalue weighted by atomic mass is 32.1. The molecule has 10 aromatic rings. The first-order valence-corrected chi connectivity index (χ1v) is 19.4. The van der Waals surface area contributed by atoms with Crippen molar-refractivity contribution in [3.8, 4) is 22.3 Å². The molecule has 4 heteroatoms. The van der Waals surface area contributed by atoms with Crippen LogP contribution in [0.15, 0.2) is 121 Å². The van der Waals surface area contributed by atoms with E-state index in [0.29, 0.717) is 0 Å². The molecule has 6 aromatic carbocycles. The van der Waals surface area contributed by atoms with Crippen molar-refractivity contribution >= 4 is 117 Å². The summed E-state index contributed by atoms with van der Waals surface area (Å²) in [4.78, 5) is 0. The number of aryl methyl sites for hydroxylation is 2. The molecule has 0 spiro atoms. The number of benzene rings is 6. The fourth-order valence-electron chi connectivity index (χ4n) is 6.81. The first kappa shape index (κ1) is 28.4. The normalized spacial score (nSPS) is 12.3. The van der Waals surface area contributed by atoms with Crippen LogP contribution in [0.5, 0.6) is 0 Å². The number of thiophene rings is 4. The molecule has 0 amide bonds. The van der Waals surface area contributed by atoms with Crippen LogP contribution in [-0.4, -0.2) is 0 Å². The van der Waals surface area contributed by atoms with Crippen molar-refractivity contribution in [2.24, 2.45) is 0 Å². The third-order valence-corrected chi connectivity index (χ3v) is 14.5. The molecule has 0 N–H and O–H groups in total. The Morgan fingerprint density at radius 2 is 0.646 bits per heavy atom. The summed E-state index contributed by atoms with van der Waals surface area (Å²) in [6.07, 6.45) is 4.55. The van der Waals surface area contributed by atoms with Crippen molar-refractivity contribution in [1.82, 2.24) is 0 Å². The molecule has 0 fully saturated rings. The van der Waals surface area contributed by atoms with Gasteiger partial charge in [-0.15, -0.1) is 45.3 Å². The molecule has 0 aliphatic rings. The van der Waals surface area contributed by atoms with Crippen molar-refractivity contribution in [1.29, 1.82) is 0 Å². The van der Waals surface area contributed by atoms with Gasteiger partial charge in [-0.3, -0.25) is 0 Å². The third kappa shape index (κ3) is 4.67. The predicted octanol–water partition coefficient (Wildman–Crippen LogP) is 15.0. The SMILES string of the molecule is Cc1ccc(-c2ccc3sc4c5cc(/C=C/c6ccc7sc8c9cc(-c%10ccc(C)cc%10)ccc9sc8c7c6)ccc5sc4c3c2)cc1. The van der Waals surface area contributed by atoms with Gasteiger partial charge in [0.25, 0.3) is 0 Å². The predicted molar refractivity (Wildman–Crippen MR) is 219 cm³/mol. The molecule has 48 heavy (non-hydrogen) atoms. The minimum Gasteiger partial charge on any atom is -0.134 e. The van der Waals surface area contributed by atoms with Crippen LogP contribution in [0.1, 0.15) is 22.3 Å². The first-order valence-electron chi connectivity index (χ1n) is 16.1. The molecule has 0 atom stereocenters. The number of fused-ring (bicyclic) bond motifs is 10. The van der Waals surface area contributed by atoms with E-state index in [2.05, 4.69) is 147 Å². The summed E-state index contributed by atoms with van der Waals surface area (Å²) in [6.45, 7) is 4.29. The molecule has 0 saturated carbocycles. The van der Waals surface area contributed by atoms with E-state index < -0.39 is 0 Å². The van der Waals surface area contributed by atoms with E-state index in [-0.39, 0.29) is 0 Å². The average Bonchev–Trinajstić information content (AvgIpc) is 3.85. The fourth-order valence-corrected chi connectivity index (χ4v) is 12.0. The maximum atomic E-state index is 2.38. The van der Waals surface area contributed by atoms with Crippen molar-refractivity contribution in [3.63, 3.8) is 0 Å². The monoisotopic (exact) mass is 684 g/mol. The van der Waals surface area contributed by atoms with Crippen LogP contribution in [0.2, 0.25) is 0 Å². The van der Waals surface area contributed by atoms with Gasteiger partial charge in [0.1, 0.15) is 0 Å². The van der Waals surface area contributed by atoms with E-state index >= 15 is 0 Å². The quantitative estimate of drug-likeness (QED) is 0.162. The highest BCUT2D eigenvalue weighted by molar-refractivity contribution is 7.37. The maximum Gasteiger partial charge on any atom is 0.0542 e. The smallest absolute Gasteiger partial charge is 0.0542 e. The van der Waals surface area contributed by atoms with Gasteiger partial charge in [-0.1, -0.05) is 96.1 Å². The molecule has 228 valence electrons. The second-order valence-corrected chi connectivity index (χ2v) is 16.9. The third-order valence-electron chi connectivity index (χ3n) is 9.44. The van der Waals surface area contributed by atoms with E-state index in [0.717, 1.165) is 0 Å². The summed E-state index contributed by atoms with van der Waals surface area (Å²) in [5.74, 6) is 0. The Morgan fingerprint density at radius 1 is 0.333 bits per heavy atom. The van der Waals surface area contributed by atoms with Crippen molar-refractivity contribution < 1.29 is 0 Å². The average molecular weight is 685 g/mol. The molecule has 0 saturated heterocycles. The number of rotatable bonds is 4. The highest BCUT2D eigenvalue weighted by Gasteiger charge is 2.15. The molecule has 10 rings (SSSR count). The summed E-state index contributed by atoms with van der Waals surface area (Å²) in [7, 11) is 0. The molecule has 0 nitrogen and oxygen atoms in total. The lowest BCUT2D eigenvalue weighted by Crippen LogP contribution is -1.78. The van der Waals surface area contributed by atoms with Crippen LogP contribution in [0.4, 0.5) is 0 Å². The second kappa shape index (κ2) is 11.0. The van der Waals surface area contributed by atoms with Gasteiger partial charge in [0, 0.05) is 40.3 Å². The van der Waals surface area contributed by atoms with Crippen molar-refractivity contribution in [2.45, 2.75) is 13.8 Å². The summed E-state index contributed by atoms with van der Waals surface area (Å²) in [6, 6.07) is 45.5. The minimum atomic E-state index is 1.24. The molecular formula is C44H28S4. The Labute approximate surface area is 294 Å². The van der Waals surface area contributed by atoms with E-state index in [9.17, 15) is 0 Å². The van der Waals surface area contributed by atoms with Gasteiger partial charge in [0.05, 0.1) is 18.8 Å². The van der Waals surface area contributed by atoms with Gasteiger partial charge in [-0.05, 0) is 95.8 Å². The van der Waals surface area contributed by atoms with Crippen LogP contribution in [0.3, 0.4) is 0 Å². The zero-order chi connectivity index (χ0) is 31.9. The summed E-state index contributed by atoms with van der Waals surface area (Å²) in [5.41, 5.74) is 10.2. The molecule has 4 aromatic heterocycles. The van der Waals surface area contributed by atoms with Crippen molar-refractivity contribution in [2.75, 3.05) is 0 Å². The Balaban J connectivity index is 0.996. The van der Waals surface area contributed by atoms with Gasteiger partial charge in [-0.25, -0.2) is 0 Å².